The summed E-state index contributed by atoms with van der Waals surface area (Å²) in [6.07, 6.45) is 0. The Morgan fingerprint density at radius 2 is 0.909 bits per heavy atom. The Bertz CT molecular complexity index is 2630. The number of anilines is 3. The lowest BCUT2D eigenvalue weighted by atomic mass is 10.0. The molecule has 0 unspecified atom stereocenters. The van der Waals surface area contributed by atoms with Crippen molar-refractivity contribution in [1.29, 1.82) is 0 Å². The first-order valence-electron chi connectivity index (χ1n) is 14.8. The number of para-hydroxylation sites is 2. The minimum Gasteiger partial charge on any atom is -0.456 e. The lowest BCUT2D eigenvalue weighted by Gasteiger charge is -2.26. The number of thiophene rings is 1. The summed E-state index contributed by atoms with van der Waals surface area (Å²) in [7, 11) is 0. The minimum atomic E-state index is 0.886. The number of benzene rings is 7. The fraction of sp³-hybridized carbons (Fsp3) is 0. The molecule has 10 aromatic rings. The lowest BCUT2D eigenvalue weighted by Crippen LogP contribution is -2.09. The average molecular weight is 582 g/mol. The van der Waals surface area contributed by atoms with E-state index >= 15 is 0 Å². The molecule has 10 rings (SSSR count). The van der Waals surface area contributed by atoms with Gasteiger partial charge < -0.3 is 13.7 Å². The monoisotopic (exact) mass is 581 g/mol. The van der Waals surface area contributed by atoms with Gasteiger partial charge >= 0.3 is 0 Å². The molecule has 44 heavy (non-hydrogen) atoms. The zero-order chi connectivity index (χ0) is 28.8. The number of fused-ring (bicyclic) bond motifs is 11. The molecule has 7 aromatic carbocycles. The first kappa shape index (κ1) is 23.9. The van der Waals surface area contributed by atoms with Crippen LogP contribution >= 0.6 is 11.3 Å². The highest BCUT2D eigenvalue weighted by Gasteiger charge is 2.19. The van der Waals surface area contributed by atoms with Crippen molar-refractivity contribution in [3.8, 4) is 0 Å². The Morgan fingerprint density at radius 1 is 0.386 bits per heavy atom. The van der Waals surface area contributed by atoms with Crippen molar-refractivity contribution in [2.75, 3.05) is 4.90 Å². The predicted molar refractivity (Wildman–Crippen MR) is 186 cm³/mol. The van der Waals surface area contributed by atoms with Gasteiger partial charge in [-0.05, 0) is 77.5 Å². The second kappa shape index (κ2) is 8.96. The molecular weight excluding hydrogens is 559 g/mol. The molecule has 0 radical (unpaired) electrons. The van der Waals surface area contributed by atoms with Gasteiger partial charge in [-0.1, -0.05) is 72.8 Å². The van der Waals surface area contributed by atoms with E-state index in [4.69, 9.17) is 8.83 Å². The Balaban J connectivity index is 1.24. The van der Waals surface area contributed by atoms with E-state index < -0.39 is 0 Å². The van der Waals surface area contributed by atoms with E-state index in [1.54, 1.807) is 0 Å². The summed E-state index contributed by atoms with van der Waals surface area (Å²) in [6, 6.07) is 49.5. The summed E-state index contributed by atoms with van der Waals surface area (Å²) >= 11 is 1.87. The molecule has 0 N–H and O–H groups in total. The smallest absolute Gasteiger partial charge is 0.135 e. The maximum absolute atomic E-state index is 6.20. The molecule has 206 valence electrons. The molecule has 0 aliphatic carbocycles. The summed E-state index contributed by atoms with van der Waals surface area (Å²) in [5, 5.41) is 9.58. The van der Waals surface area contributed by atoms with Crippen LogP contribution in [0.5, 0.6) is 0 Å². The van der Waals surface area contributed by atoms with E-state index in [-0.39, 0.29) is 0 Å². The van der Waals surface area contributed by atoms with Gasteiger partial charge in [-0.3, -0.25) is 0 Å². The molecule has 0 atom stereocenters. The molecule has 0 amide bonds. The van der Waals surface area contributed by atoms with Gasteiger partial charge in [0.2, 0.25) is 0 Å². The maximum atomic E-state index is 6.20. The second-order valence-electron chi connectivity index (χ2n) is 11.3. The summed E-state index contributed by atoms with van der Waals surface area (Å²) in [6.45, 7) is 0. The van der Waals surface area contributed by atoms with Gasteiger partial charge in [-0.15, -0.1) is 11.3 Å². The van der Waals surface area contributed by atoms with Crippen LogP contribution in [-0.2, 0) is 0 Å². The minimum absolute atomic E-state index is 0.886. The van der Waals surface area contributed by atoms with E-state index in [1.807, 2.05) is 35.6 Å². The first-order chi connectivity index (χ1) is 21.8. The van der Waals surface area contributed by atoms with Gasteiger partial charge in [-0.25, -0.2) is 0 Å². The third-order valence-electron chi connectivity index (χ3n) is 8.84. The summed E-state index contributed by atoms with van der Waals surface area (Å²) in [5.41, 5.74) is 6.81. The molecule has 0 fully saturated rings. The van der Waals surface area contributed by atoms with Crippen LogP contribution in [0.25, 0.3) is 74.8 Å². The SMILES string of the molecule is c1ccc2c(c1)ccc1c3cc(N(c4ccc5oc6ccccc6c5c4)c4ccc5oc6ccccc6c5c4)ccc3sc21. The van der Waals surface area contributed by atoms with Crippen molar-refractivity contribution < 1.29 is 8.83 Å². The van der Waals surface area contributed by atoms with Crippen LogP contribution in [0.4, 0.5) is 17.1 Å². The van der Waals surface area contributed by atoms with Crippen LogP contribution in [0.3, 0.4) is 0 Å². The van der Waals surface area contributed by atoms with Gasteiger partial charge in [0, 0.05) is 58.8 Å². The lowest BCUT2D eigenvalue weighted by molar-refractivity contribution is 0.668. The summed E-state index contributed by atoms with van der Waals surface area (Å²) < 4.78 is 15.0. The van der Waals surface area contributed by atoms with Gasteiger partial charge in [0.1, 0.15) is 22.3 Å². The topological polar surface area (TPSA) is 29.5 Å². The molecule has 0 saturated carbocycles. The van der Waals surface area contributed by atoms with Gasteiger partial charge in [0.15, 0.2) is 0 Å². The molecule has 0 aliphatic heterocycles. The van der Waals surface area contributed by atoms with E-state index in [1.165, 1.54) is 30.9 Å². The third-order valence-corrected chi connectivity index (χ3v) is 10.1. The molecule has 0 aliphatic rings. The molecule has 0 bridgehead atoms. The first-order valence-corrected chi connectivity index (χ1v) is 15.6. The number of hydrogen-bond acceptors (Lipinski definition) is 4. The molecule has 0 spiro atoms. The molecule has 3 heterocycles. The Hall–Kier alpha value is -5.58. The second-order valence-corrected chi connectivity index (χ2v) is 12.4. The quantitative estimate of drug-likeness (QED) is 0.208. The highest BCUT2D eigenvalue weighted by Crippen LogP contribution is 2.44. The zero-order valence-electron chi connectivity index (χ0n) is 23.5. The van der Waals surface area contributed by atoms with Crippen LogP contribution < -0.4 is 4.90 Å². The molecule has 3 nitrogen and oxygen atoms in total. The van der Waals surface area contributed by atoms with E-state index in [0.717, 1.165) is 60.9 Å². The summed E-state index contributed by atoms with van der Waals surface area (Å²) in [5.74, 6) is 0. The Morgan fingerprint density at radius 3 is 1.57 bits per heavy atom. The fourth-order valence-electron chi connectivity index (χ4n) is 6.79. The van der Waals surface area contributed by atoms with Crippen molar-refractivity contribution in [2.24, 2.45) is 0 Å². The fourth-order valence-corrected chi connectivity index (χ4v) is 8.00. The molecule has 4 heteroatoms. The number of furan rings is 2. The Labute approximate surface area is 255 Å². The van der Waals surface area contributed by atoms with Gasteiger partial charge in [0.25, 0.3) is 0 Å². The van der Waals surface area contributed by atoms with Crippen LogP contribution in [0.15, 0.2) is 148 Å². The van der Waals surface area contributed by atoms with Crippen LogP contribution in [0, 0.1) is 0 Å². The van der Waals surface area contributed by atoms with E-state index in [2.05, 4.69) is 120 Å². The average Bonchev–Trinajstić information content (AvgIpc) is 3.76. The normalized spacial score (nSPS) is 12.1. The summed E-state index contributed by atoms with van der Waals surface area (Å²) in [4.78, 5) is 2.35. The number of nitrogens with zero attached hydrogens (tertiary/aromatic N) is 1. The van der Waals surface area contributed by atoms with Crippen molar-refractivity contribution >= 4 is 103 Å². The van der Waals surface area contributed by atoms with Gasteiger partial charge in [0.05, 0.1) is 0 Å². The van der Waals surface area contributed by atoms with Crippen molar-refractivity contribution in [2.45, 2.75) is 0 Å². The highest BCUT2D eigenvalue weighted by molar-refractivity contribution is 7.26. The maximum Gasteiger partial charge on any atom is 0.135 e. The van der Waals surface area contributed by atoms with E-state index in [0.29, 0.717) is 0 Å². The predicted octanol–water partition coefficient (Wildman–Crippen LogP) is 12.5. The van der Waals surface area contributed by atoms with Crippen molar-refractivity contribution in [3.05, 3.63) is 140 Å². The Kier molecular flexibility index (Phi) is 4.87. The van der Waals surface area contributed by atoms with Crippen LogP contribution in [0.2, 0.25) is 0 Å². The standard InChI is InChI=1S/C40H23NO2S/c1-2-8-28-24(7-1)13-17-31-34-23-27(16-20-39(34)44-40(28)31)41(25-14-18-37-32(21-25)29-9-3-5-11-35(29)42-37)26-15-19-38-33(22-26)30-10-4-6-12-36(30)43-38/h1-23H. The van der Waals surface area contributed by atoms with Crippen LogP contribution in [0.1, 0.15) is 0 Å². The molecule has 0 saturated heterocycles. The highest BCUT2D eigenvalue weighted by atomic mass is 32.1. The zero-order valence-corrected chi connectivity index (χ0v) is 24.3. The number of rotatable bonds is 3. The van der Waals surface area contributed by atoms with Crippen LogP contribution in [-0.4, -0.2) is 0 Å². The van der Waals surface area contributed by atoms with Crippen molar-refractivity contribution in [1.82, 2.24) is 0 Å². The van der Waals surface area contributed by atoms with E-state index in [9.17, 15) is 0 Å². The van der Waals surface area contributed by atoms with Gasteiger partial charge in [-0.2, -0.15) is 0 Å². The number of hydrogen-bond donors (Lipinski definition) is 0. The third kappa shape index (κ3) is 3.43. The van der Waals surface area contributed by atoms with Crippen molar-refractivity contribution in [3.63, 3.8) is 0 Å². The largest absolute Gasteiger partial charge is 0.456 e. The molecule has 3 aromatic heterocycles. The molecular formula is C40H23NO2S.